The number of nitrogens with zero attached hydrogens (tertiary/aromatic N) is 2. The van der Waals surface area contributed by atoms with Crippen molar-refractivity contribution in [1.82, 2.24) is 9.55 Å². The van der Waals surface area contributed by atoms with Crippen molar-refractivity contribution < 1.29 is 13.9 Å². The molecular weight excluding hydrogens is 307 g/mol. The Labute approximate surface area is 128 Å². The molecule has 22 heavy (non-hydrogen) atoms. The van der Waals surface area contributed by atoms with Gasteiger partial charge in [-0.2, -0.15) is 0 Å². The number of thiophene rings is 1. The molecule has 1 aromatic carbocycles. The van der Waals surface area contributed by atoms with Gasteiger partial charge in [-0.05, 0) is 29.6 Å². The molecule has 2 heterocycles. The van der Waals surface area contributed by atoms with Gasteiger partial charge in [0.1, 0.15) is 4.83 Å². The molecule has 0 unspecified atom stereocenters. The number of rotatable bonds is 4. The molecule has 0 bridgehead atoms. The van der Waals surface area contributed by atoms with Crippen molar-refractivity contribution in [2.24, 2.45) is 0 Å². The number of fused-ring (bicyclic) bond motifs is 1. The number of ether oxygens (including phenoxy) is 1. The molecule has 2 aromatic heterocycles. The zero-order chi connectivity index (χ0) is 15.7. The van der Waals surface area contributed by atoms with Crippen LogP contribution in [0.25, 0.3) is 10.2 Å². The standard InChI is InChI=1S/C15H11FN2O3S/c1-21-13-3-2-9(6-11(13)16)12(19)7-18-8-17-14-10(15(18)20)4-5-22-14/h2-6,8H,7H2,1H3. The van der Waals surface area contributed by atoms with Gasteiger partial charge in [-0.15, -0.1) is 11.3 Å². The molecule has 7 heteroatoms. The minimum absolute atomic E-state index is 0.0649. The SMILES string of the molecule is COc1ccc(C(=O)Cn2cnc3sccc3c2=O)cc1F. The van der Waals surface area contributed by atoms with E-state index in [1.54, 1.807) is 11.4 Å². The lowest BCUT2D eigenvalue weighted by molar-refractivity contribution is 0.0970. The van der Waals surface area contributed by atoms with E-state index < -0.39 is 5.82 Å². The zero-order valence-electron chi connectivity index (χ0n) is 11.6. The van der Waals surface area contributed by atoms with Crippen molar-refractivity contribution in [3.05, 3.63) is 57.7 Å². The van der Waals surface area contributed by atoms with Crippen molar-refractivity contribution in [2.45, 2.75) is 6.54 Å². The highest BCUT2D eigenvalue weighted by Crippen LogP contribution is 2.18. The largest absolute Gasteiger partial charge is 0.494 e. The van der Waals surface area contributed by atoms with Crippen LogP contribution in [-0.4, -0.2) is 22.4 Å². The van der Waals surface area contributed by atoms with E-state index in [9.17, 15) is 14.0 Å². The Bertz CT molecular complexity index is 917. The lowest BCUT2D eigenvalue weighted by atomic mass is 10.1. The van der Waals surface area contributed by atoms with Crippen molar-refractivity contribution in [1.29, 1.82) is 0 Å². The molecule has 0 aliphatic heterocycles. The summed E-state index contributed by atoms with van der Waals surface area (Å²) >= 11 is 1.36. The second kappa shape index (κ2) is 5.69. The highest BCUT2D eigenvalue weighted by Gasteiger charge is 2.13. The molecule has 0 fully saturated rings. The Balaban J connectivity index is 1.91. The molecule has 0 saturated carbocycles. The minimum Gasteiger partial charge on any atom is -0.494 e. The summed E-state index contributed by atoms with van der Waals surface area (Å²) < 4.78 is 19.7. The molecule has 0 amide bonds. The van der Waals surface area contributed by atoms with Crippen LogP contribution >= 0.6 is 11.3 Å². The van der Waals surface area contributed by atoms with Crippen LogP contribution in [0.1, 0.15) is 10.4 Å². The zero-order valence-corrected chi connectivity index (χ0v) is 12.4. The second-order valence-electron chi connectivity index (χ2n) is 4.59. The molecule has 5 nitrogen and oxygen atoms in total. The molecule has 0 atom stereocenters. The van der Waals surface area contributed by atoms with Crippen LogP contribution in [-0.2, 0) is 6.54 Å². The first-order valence-corrected chi connectivity index (χ1v) is 7.27. The van der Waals surface area contributed by atoms with Crippen molar-refractivity contribution in [3.8, 4) is 5.75 Å². The van der Waals surface area contributed by atoms with E-state index in [4.69, 9.17) is 4.74 Å². The predicted octanol–water partition coefficient (Wildman–Crippen LogP) is 2.49. The van der Waals surface area contributed by atoms with E-state index in [1.807, 2.05) is 0 Å². The Morgan fingerprint density at radius 1 is 1.41 bits per heavy atom. The van der Waals surface area contributed by atoms with Gasteiger partial charge in [0, 0.05) is 5.56 Å². The number of hydrogen-bond acceptors (Lipinski definition) is 5. The van der Waals surface area contributed by atoms with Gasteiger partial charge in [-0.3, -0.25) is 14.2 Å². The molecule has 0 saturated heterocycles. The monoisotopic (exact) mass is 318 g/mol. The summed E-state index contributed by atoms with van der Waals surface area (Å²) in [6.45, 7) is -0.191. The van der Waals surface area contributed by atoms with Crippen LogP contribution in [0, 0.1) is 5.82 Å². The maximum atomic E-state index is 13.6. The Hall–Kier alpha value is -2.54. The first-order valence-electron chi connectivity index (χ1n) is 6.39. The number of ketones is 1. The van der Waals surface area contributed by atoms with Gasteiger partial charge in [0.15, 0.2) is 17.3 Å². The quantitative estimate of drug-likeness (QED) is 0.693. The summed E-state index contributed by atoms with van der Waals surface area (Å²) in [6, 6.07) is 5.61. The lowest BCUT2D eigenvalue weighted by Crippen LogP contribution is -2.24. The van der Waals surface area contributed by atoms with Gasteiger partial charge in [0.25, 0.3) is 5.56 Å². The Kier molecular flexibility index (Phi) is 3.72. The van der Waals surface area contributed by atoms with Crippen LogP contribution in [0.15, 0.2) is 40.8 Å². The van der Waals surface area contributed by atoms with Crippen LogP contribution in [0.3, 0.4) is 0 Å². The van der Waals surface area contributed by atoms with Gasteiger partial charge in [-0.25, -0.2) is 9.37 Å². The van der Waals surface area contributed by atoms with Gasteiger partial charge in [0.2, 0.25) is 0 Å². The molecule has 3 aromatic rings. The van der Waals surface area contributed by atoms with Crippen molar-refractivity contribution in [3.63, 3.8) is 0 Å². The fraction of sp³-hybridized carbons (Fsp3) is 0.133. The lowest BCUT2D eigenvalue weighted by Gasteiger charge is -2.06. The normalized spacial score (nSPS) is 10.8. The maximum absolute atomic E-state index is 13.6. The van der Waals surface area contributed by atoms with Crippen molar-refractivity contribution >= 4 is 27.3 Å². The fourth-order valence-corrected chi connectivity index (χ4v) is 2.82. The van der Waals surface area contributed by atoms with E-state index in [2.05, 4.69) is 4.98 Å². The van der Waals surface area contributed by atoms with Crippen LogP contribution in [0.2, 0.25) is 0 Å². The predicted molar refractivity (Wildman–Crippen MR) is 81.2 cm³/mol. The van der Waals surface area contributed by atoms with Crippen molar-refractivity contribution in [2.75, 3.05) is 7.11 Å². The van der Waals surface area contributed by atoms with Gasteiger partial charge in [-0.1, -0.05) is 0 Å². The molecular formula is C15H11FN2O3S. The van der Waals surface area contributed by atoms with Crippen LogP contribution in [0.5, 0.6) is 5.75 Å². The summed E-state index contributed by atoms with van der Waals surface area (Å²) in [7, 11) is 1.35. The molecule has 0 radical (unpaired) electrons. The number of Topliss-reactive ketones (excluding diaryl/α,β-unsaturated/α-hetero) is 1. The smallest absolute Gasteiger partial charge is 0.262 e. The van der Waals surface area contributed by atoms with Crippen LogP contribution < -0.4 is 10.3 Å². The van der Waals surface area contributed by atoms with E-state index in [0.29, 0.717) is 10.2 Å². The highest BCUT2D eigenvalue weighted by molar-refractivity contribution is 7.16. The highest BCUT2D eigenvalue weighted by atomic mass is 32.1. The number of methoxy groups -OCH3 is 1. The summed E-state index contributed by atoms with van der Waals surface area (Å²) in [5.41, 5.74) is -0.107. The van der Waals surface area contributed by atoms with Gasteiger partial charge in [0.05, 0.1) is 25.4 Å². The summed E-state index contributed by atoms with van der Waals surface area (Å²) in [5.74, 6) is -0.929. The maximum Gasteiger partial charge on any atom is 0.262 e. The number of aromatic nitrogens is 2. The molecule has 0 spiro atoms. The fourth-order valence-electron chi connectivity index (χ4n) is 2.09. The minimum atomic E-state index is -0.618. The third-order valence-corrected chi connectivity index (χ3v) is 4.06. The van der Waals surface area contributed by atoms with E-state index in [-0.39, 0.29) is 29.2 Å². The molecule has 0 N–H and O–H groups in total. The summed E-state index contributed by atoms with van der Waals surface area (Å²) in [6.07, 6.45) is 1.33. The van der Waals surface area contributed by atoms with Gasteiger partial charge < -0.3 is 4.74 Å². The number of benzene rings is 1. The number of hydrogen-bond donors (Lipinski definition) is 0. The molecule has 0 aliphatic carbocycles. The van der Waals surface area contributed by atoms with E-state index in [1.165, 1.54) is 41.5 Å². The second-order valence-corrected chi connectivity index (χ2v) is 5.48. The summed E-state index contributed by atoms with van der Waals surface area (Å²) in [4.78, 5) is 29.2. The van der Waals surface area contributed by atoms with E-state index >= 15 is 0 Å². The average Bonchev–Trinajstić information content (AvgIpc) is 2.99. The Morgan fingerprint density at radius 2 is 2.23 bits per heavy atom. The third-order valence-electron chi connectivity index (χ3n) is 3.24. The van der Waals surface area contributed by atoms with Gasteiger partial charge >= 0.3 is 0 Å². The summed E-state index contributed by atoms with van der Waals surface area (Å²) in [5, 5.41) is 2.24. The molecule has 3 rings (SSSR count). The third kappa shape index (κ3) is 2.50. The van der Waals surface area contributed by atoms with Crippen LogP contribution in [0.4, 0.5) is 4.39 Å². The number of carbonyl (C=O) groups is 1. The Morgan fingerprint density at radius 3 is 2.95 bits per heavy atom. The molecule has 112 valence electrons. The number of carbonyl (C=O) groups excluding carboxylic acids is 1. The average molecular weight is 318 g/mol. The first-order chi connectivity index (χ1) is 10.6. The number of halogens is 1. The first kappa shape index (κ1) is 14.4. The van der Waals surface area contributed by atoms with E-state index in [0.717, 1.165) is 6.07 Å². The molecule has 0 aliphatic rings. The topological polar surface area (TPSA) is 61.2 Å².